The molecule has 0 heterocycles. The van der Waals surface area contributed by atoms with E-state index in [4.69, 9.17) is 0 Å². The van der Waals surface area contributed by atoms with Crippen molar-refractivity contribution in [3.05, 3.63) is 34.9 Å². The van der Waals surface area contributed by atoms with Gasteiger partial charge in [-0.2, -0.15) is 0 Å². The normalized spacial score (nSPS) is 15.8. The van der Waals surface area contributed by atoms with Gasteiger partial charge in [-0.05, 0) is 43.7 Å². The first-order chi connectivity index (χ1) is 6.79. The summed E-state index contributed by atoms with van der Waals surface area (Å²) >= 11 is 0. The molecular weight excluding hydrogens is 172 g/mol. The van der Waals surface area contributed by atoms with Crippen LogP contribution in [0.5, 0.6) is 0 Å². The zero-order valence-corrected chi connectivity index (χ0v) is 8.68. The van der Waals surface area contributed by atoms with Crippen molar-refractivity contribution in [2.24, 2.45) is 0 Å². The van der Waals surface area contributed by atoms with Crippen molar-refractivity contribution in [2.45, 2.75) is 39.0 Å². The SMILES string of the molecule is CC(=O)c1cccc2c1CCCCC2. The third-order valence-corrected chi connectivity index (χ3v) is 3.03. The molecule has 0 amide bonds. The minimum absolute atomic E-state index is 0.212. The van der Waals surface area contributed by atoms with Crippen molar-refractivity contribution in [3.63, 3.8) is 0 Å². The van der Waals surface area contributed by atoms with Crippen LogP contribution in [0.3, 0.4) is 0 Å². The van der Waals surface area contributed by atoms with E-state index in [1.807, 2.05) is 12.1 Å². The van der Waals surface area contributed by atoms with Crippen LogP contribution in [-0.2, 0) is 12.8 Å². The fourth-order valence-electron chi connectivity index (χ4n) is 2.29. The molecule has 0 aliphatic heterocycles. The lowest BCUT2D eigenvalue weighted by molar-refractivity contribution is 0.101. The lowest BCUT2D eigenvalue weighted by Gasteiger charge is -2.09. The fourth-order valence-corrected chi connectivity index (χ4v) is 2.29. The molecule has 0 atom stereocenters. The molecule has 1 nitrogen and oxygen atoms in total. The van der Waals surface area contributed by atoms with Crippen LogP contribution in [0.4, 0.5) is 0 Å². The van der Waals surface area contributed by atoms with Gasteiger partial charge in [0.15, 0.2) is 5.78 Å². The molecule has 1 aromatic carbocycles. The number of carbonyl (C=O) groups excluding carboxylic acids is 1. The van der Waals surface area contributed by atoms with Crippen molar-refractivity contribution in [3.8, 4) is 0 Å². The van der Waals surface area contributed by atoms with Crippen LogP contribution in [0.1, 0.15) is 47.7 Å². The summed E-state index contributed by atoms with van der Waals surface area (Å²) in [6.45, 7) is 1.67. The first kappa shape index (κ1) is 9.45. The third-order valence-electron chi connectivity index (χ3n) is 3.03. The smallest absolute Gasteiger partial charge is 0.160 e. The summed E-state index contributed by atoms with van der Waals surface area (Å²) in [5, 5.41) is 0. The first-order valence-corrected chi connectivity index (χ1v) is 5.41. The molecule has 0 saturated heterocycles. The molecule has 0 spiro atoms. The summed E-state index contributed by atoms with van der Waals surface area (Å²) in [6, 6.07) is 6.15. The van der Waals surface area contributed by atoms with E-state index in [1.54, 1.807) is 6.92 Å². The lowest BCUT2D eigenvalue weighted by atomic mass is 9.95. The van der Waals surface area contributed by atoms with E-state index in [0.717, 1.165) is 18.4 Å². The van der Waals surface area contributed by atoms with Crippen molar-refractivity contribution >= 4 is 5.78 Å². The molecule has 1 aliphatic carbocycles. The summed E-state index contributed by atoms with van der Waals surface area (Å²) in [5.41, 5.74) is 3.66. The summed E-state index contributed by atoms with van der Waals surface area (Å²) < 4.78 is 0. The van der Waals surface area contributed by atoms with Crippen LogP contribution in [0.25, 0.3) is 0 Å². The zero-order chi connectivity index (χ0) is 9.97. The second kappa shape index (κ2) is 3.95. The molecule has 2 rings (SSSR count). The van der Waals surface area contributed by atoms with Crippen LogP contribution in [0, 0.1) is 0 Å². The molecule has 0 saturated carbocycles. The molecule has 0 unspecified atom stereocenters. The Hall–Kier alpha value is -1.11. The van der Waals surface area contributed by atoms with E-state index in [9.17, 15) is 4.79 Å². The van der Waals surface area contributed by atoms with E-state index >= 15 is 0 Å². The van der Waals surface area contributed by atoms with Gasteiger partial charge in [0.2, 0.25) is 0 Å². The van der Waals surface area contributed by atoms with Gasteiger partial charge in [-0.15, -0.1) is 0 Å². The Morgan fingerprint density at radius 1 is 1.14 bits per heavy atom. The Morgan fingerprint density at radius 3 is 2.71 bits per heavy atom. The molecule has 0 bridgehead atoms. The van der Waals surface area contributed by atoms with Crippen LogP contribution in [0.2, 0.25) is 0 Å². The van der Waals surface area contributed by atoms with Gasteiger partial charge in [-0.1, -0.05) is 24.6 Å². The maximum absolute atomic E-state index is 11.4. The summed E-state index contributed by atoms with van der Waals surface area (Å²) in [7, 11) is 0. The van der Waals surface area contributed by atoms with E-state index in [0.29, 0.717) is 0 Å². The molecule has 1 aromatic rings. The Bertz CT molecular complexity index is 352. The number of aryl methyl sites for hydroxylation is 1. The van der Waals surface area contributed by atoms with Crippen LogP contribution in [-0.4, -0.2) is 5.78 Å². The topological polar surface area (TPSA) is 17.1 Å². The molecule has 0 radical (unpaired) electrons. The van der Waals surface area contributed by atoms with E-state index in [2.05, 4.69) is 6.07 Å². The number of benzene rings is 1. The monoisotopic (exact) mass is 188 g/mol. The minimum Gasteiger partial charge on any atom is -0.295 e. The number of hydrogen-bond acceptors (Lipinski definition) is 1. The molecule has 74 valence electrons. The van der Waals surface area contributed by atoms with Gasteiger partial charge in [-0.3, -0.25) is 4.79 Å². The minimum atomic E-state index is 0.212. The van der Waals surface area contributed by atoms with Gasteiger partial charge in [0.25, 0.3) is 0 Å². The van der Waals surface area contributed by atoms with Crippen molar-refractivity contribution in [1.82, 2.24) is 0 Å². The maximum atomic E-state index is 11.4. The van der Waals surface area contributed by atoms with Gasteiger partial charge in [0.1, 0.15) is 0 Å². The number of hydrogen-bond donors (Lipinski definition) is 0. The first-order valence-electron chi connectivity index (χ1n) is 5.41. The second-order valence-electron chi connectivity index (χ2n) is 4.06. The quantitative estimate of drug-likeness (QED) is 0.488. The molecule has 0 aromatic heterocycles. The second-order valence-corrected chi connectivity index (χ2v) is 4.06. The molecule has 1 heteroatoms. The van der Waals surface area contributed by atoms with E-state index < -0.39 is 0 Å². The largest absolute Gasteiger partial charge is 0.295 e. The number of Topliss-reactive ketones (excluding diaryl/α,β-unsaturated/α-hetero) is 1. The standard InChI is InChI=1S/C13H16O/c1-10(14)12-9-5-7-11-6-3-2-4-8-13(11)12/h5,7,9H,2-4,6,8H2,1H3. The van der Waals surface area contributed by atoms with Gasteiger partial charge < -0.3 is 0 Å². The Balaban J connectivity index is 2.47. The van der Waals surface area contributed by atoms with Gasteiger partial charge in [-0.25, -0.2) is 0 Å². The Kier molecular flexibility index (Phi) is 2.67. The summed E-state index contributed by atoms with van der Waals surface area (Å²) in [5.74, 6) is 0.212. The van der Waals surface area contributed by atoms with E-state index in [1.165, 1.54) is 30.4 Å². The average molecular weight is 188 g/mol. The summed E-state index contributed by atoms with van der Waals surface area (Å²) in [4.78, 5) is 11.4. The third kappa shape index (κ3) is 1.72. The fraction of sp³-hybridized carbons (Fsp3) is 0.462. The Morgan fingerprint density at radius 2 is 1.93 bits per heavy atom. The predicted octanol–water partition coefficient (Wildman–Crippen LogP) is 3.16. The van der Waals surface area contributed by atoms with Gasteiger partial charge >= 0.3 is 0 Å². The number of ketones is 1. The highest BCUT2D eigenvalue weighted by atomic mass is 16.1. The highest BCUT2D eigenvalue weighted by Gasteiger charge is 2.13. The average Bonchev–Trinajstić information content (AvgIpc) is 2.41. The lowest BCUT2D eigenvalue weighted by Crippen LogP contribution is -2.02. The van der Waals surface area contributed by atoms with E-state index in [-0.39, 0.29) is 5.78 Å². The molecule has 14 heavy (non-hydrogen) atoms. The Labute approximate surface area is 85.1 Å². The predicted molar refractivity (Wildman–Crippen MR) is 57.7 cm³/mol. The van der Waals surface area contributed by atoms with Crippen molar-refractivity contribution in [2.75, 3.05) is 0 Å². The number of rotatable bonds is 1. The number of carbonyl (C=O) groups is 1. The van der Waals surface area contributed by atoms with Crippen molar-refractivity contribution < 1.29 is 4.79 Å². The van der Waals surface area contributed by atoms with Crippen LogP contribution in [0.15, 0.2) is 18.2 Å². The highest BCUT2D eigenvalue weighted by Crippen LogP contribution is 2.23. The van der Waals surface area contributed by atoms with Gasteiger partial charge in [0.05, 0.1) is 0 Å². The highest BCUT2D eigenvalue weighted by molar-refractivity contribution is 5.95. The molecular formula is C13H16O. The molecule has 1 aliphatic rings. The van der Waals surface area contributed by atoms with Crippen LogP contribution < -0.4 is 0 Å². The summed E-state index contributed by atoms with van der Waals surface area (Å²) in [6.07, 6.45) is 6.04. The molecule has 0 fully saturated rings. The van der Waals surface area contributed by atoms with Gasteiger partial charge in [0, 0.05) is 5.56 Å². The number of fused-ring (bicyclic) bond motifs is 1. The zero-order valence-electron chi connectivity index (χ0n) is 8.68. The maximum Gasteiger partial charge on any atom is 0.160 e. The van der Waals surface area contributed by atoms with Crippen molar-refractivity contribution in [1.29, 1.82) is 0 Å². The van der Waals surface area contributed by atoms with Crippen LogP contribution >= 0.6 is 0 Å². The molecule has 0 N–H and O–H groups in total.